The second-order valence-corrected chi connectivity index (χ2v) is 10.2. The summed E-state index contributed by atoms with van der Waals surface area (Å²) in [7, 11) is 3.85. The smallest absolute Gasteiger partial charge is 0.453 e. The lowest BCUT2D eigenvalue weighted by atomic mass is 10.0. The third-order valence-electron chi connectivity index (χ3n) is 7.19. The largest absolute Gasteiger partial charge is 0.476 e. The molecule has 1 N–H and O–H groups in total. The lowest BCUT2D eigenvalue weighted by Gasteiger charge is -2.25. The summed E-state index contributed by atoms with van der Waals surface area (Å²) in [5.41, 5.74) is 3.20. The van der Waals surface area contributed by atoms with Crippen LogP contribution in [-0.2, 0) is 19.0 Å². The van der Waals surface area contributed by atoms with Gasteiger partial charge < -0.3 is 19.9 Å². The first kappa shape index (κ1) is 26.4. The Hall–Kier alpha value is -3.18. The third-order valence-corrected chi connectivity index (χ3v) is 7.19. The van der Waals surface area contributed by atoms with Crippen molar-refractivity contribution in [2.24, 2.45) is 0 Å². The van der Waals surface area contributed by atoms with E-state index in [-0.39, 0.29) is 11.8 Å². The normalized spacial score (nSPS) is 18.4. The fraction of sp³-hybridized carbons (Fsp3) is 0.519. The predicted molar refractivity (Wildman–Crippen MR) is 139 cm³/mol. The molecule has 1 aromatic carbocycles. The molecule has 3 heterocycles. The SMILES string of the molecule is CN(C)CCOc1cccc(-n2nc(C(F)(F)F)nc2Nc2ccc3c(c2)CCC(N2CCCC2)CC3)n1. The Morgan fingerprint density at radius 3 is 2.53 bits per heavy atom. The molecule has 0 spiro atoms. The van der Waals surface area contributed by atoms with Gasteiger partial charge in [-0.3, -0.25) is 0 Å². The van der Waals surface area contributed by atoms with Crippen molar-refractivity contribution in [1.29, 1.82) is 0 Å². The lowest BCUT2D eigenvalue weighted by Crippen LogP contribution is -2.32. The number of aryl methyl sites for hydroxylation is 2. The van der Waals surface area contributed by atoms with Crippen LogP contribution in [0.4, 0.5) is 24.8 Å². The van der Waals surface area contributed by atoms with Gasteiger partial charge in [0.1, 0.15) is 6.61 Å². The second kappa shape index (κ2) is 11.3. The maximum Gasteiger partial charge on any atom is 0.453 e. The zero-order valence-electron chi connectivity index (χ0n) is 21.8. The first-order valence-electron chi connectivity index (χ1n) is 13.2. The minimum absolute atomic E-state index is 0.0567. The Bertz CT molecular complexity index is 1240. The van der Waals surface area contributed by atoms with Crippen LogP contribution in [0.2, 0.25) is 0 Å². The first-order valence-corrected chi connectivity index (χ1v) is 13.2. The molecule has 0 bridgehead atoms. The van der Waals surface area contributed by atoms with Gasteiger partial charge in [-0.25, -0.2) is 0 Å². The van der Waals surface area contributed by atoms with Crippen molar-refractivity contribution >= 4 is 11.6 Å². The van der Waals surface area contributed by atoms with E-state index < -0.39 is 12.0 Å². The maximum atomic E-state index is 13.6. The highest BCUT2D eigenvalue weighted by molar-refractivity contribution is 5.58. The summed E-state index contributed by atoms with van der Waals surface area (Å²) < 4.78 is 47.5. The minimum Gasteiger partial charge on any atom is -0.476 e. The van der Waals surface area contributed by atoms with Crippen LogP contribution in [0.25, 0.3) is 5.82 Å². The molecule has 5 rings (SSSR count). The highest BCUT2D eigenvalue weighted by Gasteiger charge is 2.37. The average Bonchev–Trinajstić information content (AvgIpc) is 3.51. The van der Waals surface area contributed by atoms with Crippen LogP contribution in [0.3, 0.4) is 0 Å². The van der Waals surface area contributed by atoms with Gasteiger partial charge in [-0.1, -0.05) is 12.1 Å². The Labute approximate surface area is 220 Å². The molecule has 0 radical (unpaired) electrons. The van der Waals surface area contributed by atoms with Crippen molar-refractivity contribution in [2.45, 2.75) is 50.7 Å². The monoisotopic (exact) mass is 529 g/mol. The number of likely N-dealkylation sites (tertiary alicyclic amines) is 1. The molecule has 1 saturated heterocycles. The topological polar surface area (TPSA) is 71.3 Å². The van der Waals surface area contributed by atoms with E-state index in [0.717, 1.165) is 30.4 Å². The molecular formula is C27H34F3N7O. The van der Waals surface area contributed by atoms with Gasteiger partial charge in [0.25, 0.3) is 5.82 Å². The average molecular weight is 530 g/mol. The van der Waals surface area contributed by atoms with E-state index in [0.29, 0.717) is 30.8 Å². The van der Waals surface area contributed by atoms with Gasteiger partial charge in [0.15, 0.2) is 5.82 Å². The van der Waals surface area contributed by atoms with E-state index >= 15 is 0 Å². The number of aromatic nitrogens is 4. The van der Waals surface area contributed by atoms with E-state index in [2.05, 4.69) is 31.3 Å². The Balaban J connectivity index is 1.38. The summed E-state index contributed by atoms with van der Waals surface area (Å²) in [5.74, 6) is -0.805. The number of likely N-dealkylation sites (N-methyl/N-ethyl adjacent to an activating group) is 1. The number of benzene rings is 1. The van der Waals surface area contributed by atoms with Crippen molar-refractivity contribution in [3.63, 3.8) is 0 Å². The molecule has 38 heavy (non-hydrogen) atoms. The van der Waals surface area contributed by atoms with Crippen molar-refractivity contribution < 1.29 is 17.9 Å². The van der Waals surface area contributed by atoms with Crippen LogP contribution in [0.5, 0.6) is 5.88 Å². The summed E-state index contributed by atoms with van der Waals surface area (Å²) in [5, 5.41) is 6.81. The zero-order valence-corrected chi connectivity index (χ0v) is 21.8. The number of rotatable bonds is 8. The van der Waals surface area contributed by atoms with Gasteiger partial charge in [0, 0.05) is 24.3 Å². The summed E-state index contributed by atoms with van der Waals surface area (Å²) in [4.78, 5) is 12.7. The van der Waals surface area contributed by atoms with E-state index in [9.17, 15) is 13.2 Å². The van der Waals surface area contributed by atoms with Crippen LogP contribution in [0.1, 0.15) is 42.6 Å². The highest BCUT2D eigenvalue weighted by atomic mass is 19.4. The van der Waals surface area contributed by atoms with Gasteiger partial charge in [-0.05, 0) is 95.0 Å². The van der Waals surface area contributed by atoms with Crippen LogP contribution in [0.15, 0.2) is 36.4 Å². The number of nitrogens with zero attached hydrogens (tertiary/aromatic N) is 6. The minimum atomic E-state index is -4.69. The number of anilines is 2. The van der Waals surface area contributed by atoms with Crippen molar-refractivity contribution in [3.8, 4) is 11.7 Å². The van der Waals surface area contributed by atoms with Gasteiger partial charge in [-0.2, -0.15) is 27.8 Å². The lowest BCUT2D eigenvalue weighted by molar-refractivity contribution is -0.144. The molecule has 1 aliphatic carbocycles. The van der Waals surface area contributed by atoms with E-state index in [1.165, 1.54) is 37.1 Å². The van der Waals surface area contributed by atoms with E-state index in [1.807, 2.05) is 31.1 Å². The fourth-order valence-electron chi connectivity index (χ4n) is 5.18. The Morgan fingerprint density at radius 1 is 1.03 bits per heavy atom. The number of alkyl halides is 3. The van der Waals surface area contributed by atoms with Crippen LogP contribution in [-0.4, -0.2) is 75.9 Å². The standard InChI is InChI=1S/C27H34F3N7O/c1-35(2)16-17-38-24-7-5-6-23(32-24)37-26(33-25(34-37)27(28,29)30)31-21-11-8-19-9-12-22(13-10-20(19)18-21)36-14-3-4-15-36/h5-8,11,18,22H,3-4,9-10,12-17H2,1-2H3,(H,31,33,34). The first-order chi connectivity index (χ1) is 18.3. The number of fused-ring (bicyclic) bond motifs is 1. The molecule has 3 aromatic rings. The molecule has 8 nitrogen and oxygen atoms in total. The van der Waals surface area contributed by atoms with Gasteiger partial charge in [0.05, 0.1) is 0 Å². The molecule has 0 amide bonds. The number of pyridine rings is 1. The molecule has 2 aromatic heterocycles. The van der Waals surface area contributed by atoms with E-state index in [1.54, 1.807) is 18.2 Å². The summed E-state index contributed by atoms with van der Waals surface area (Å²) in [6.07, 6.45) is 2.04. The fourth-order valence-corrected chi connectivity index (χ4v) is 5.18. The summed E-state index contributed by atoms with van der Waals surface area (Å²) >= 11 is 0. The molecule has 0 saturated carbocycles. The number of halogens is 3. The Morgan fingerprint density at radius 2 is 1.79 bits per heavy atom. The van der Waals surface area contributed by atoms with Gasteiger partial charge in [0.2, 0.25) is 11.8 Å². The maximum absolute atomic E-state index is 13.6. The van der Waals surface area contributed by atoms with Crippen molar-refractivity contribution in [1.82, 2.24) is 29.5 Å². The number of hydrogen-bond acceptors (Lipinski definition) is 7. The molecule has 1 fully saturated rings. The van der Waals surface area contributed by atoms with E-state index in [4.69, 9.17) is 4.74 Å². The number of hydrogen-bond donors (Lipinski definition) is 1. The predicted octanol–water partition coefficient (Wildman–Crippen LogP) is 4.71. The molecule has 204 valence electrons. The number of ether oxygens (including phenoxy) is 1. The zero-order chi connectivity index (χ0) is 26.7. The second-order valence-electron chi connectivity index (χ2n) is 10.2. The van der Waals surface area contributed by atoms with Gasteiger partial charge in [-0.15, -0.1) is 5.10 Å². The van der Waals surface area contributed by atoms with Crippen molar-refractivity contribution in [2.75, 3.05) is 45.7 Å². The molecule has 2 aliphatic rings. The summed E-state index contributed by atoms with van der Waals surface area (Å²) in [6.45, 7) is 3.44. The van der Waals surface area contributed by atoms with Crippen molar-refractivity contribution in [3.05, 3.63) is 53.3 Å². The molecular weight excluding hydrogens is 495 g/mol. The molecule has 1 aliphatic heterocycles. The highest BCUT2D eigenvalue weighted by Crippen LogP contribution is 2.31. The van der Waals surface area contributed by atoms with Crippen LogP contribution >= 0.6 is 0 Å². The Kier molecular flexibility index (Phi) is 7.85. The van der Waals surface area contributed by atoms with Crippen LogP contribution < -0.4 is 10.1 Å². The molecule has 1 atom stereocenters. The van der Waals surface area contributed by atoms with Gasteiger partial charge >= 0.3 is 6.18 Å². The quantitative estimate of drug-likeness (QED) is 0.424. The molecule has 1 unspecified atom stereocenters. The third kappa shape index (κ3) is 6.27. The number of nitrogens with one attached hydrogen (secondary N) is 1. The van der Waals surface area contributed by atoms with Crippen LogP contribution in [0, 0.1) is 0 Å². The molecule has 11 heteroatoms. The summed E-state index contributed by atoms with van der Waals surface area (Å²) in [6, 6.07) is 11.5.